The maximum Gasteiger partial charge on any atom is 0.163 e. The fourth-order valence-corrected chi connectivity index (χ4v) is 1.36. The predicted molar refractivity (Wildman–Crippen MR) is 57.3 cm³/mol. The molecule has 3 heteroatoms. The van der Waals surface area contributed by atoms with Gasteiger partial charge in [-0.15, -0.1) is 6.58 Å². The lowest BCUT2D eigenvalue weighted by atomic mass is 10.0. The van der Waals surface area contributed by atoms with Crippen LogP contribution in [0, 0.1) is 11.6 Å². The Morgan fingerprint density at radius 1 is 1.47 bits per heavy atom. The third-order valence-electron chi connectivity index (χ3n) is 2.26. The van der Waals surface area contributed by atoms with Crippen LogP contribution in [0.15, 0.2) is 30.4 Å². The maximum atomic E-state index is 13.3. The van der Waals surface area contributed by atoms with Crippen LogP contribution < -0.4 is 5.73 Å². The average Bonchev–Trinajstić information content (AvgIpc) is 2.18. The number of hydrogen-bond donors (Lipinski definition) is 1. The number of allylic oxidation sites excluding steroid dienone is 1. The van der Waals surface area contributed by atoms with Gasteiger partial charge in [0, 0.05) is 11.6 Å². The van der Waals surface area contributed by atoms with E-state index in [1.807, 2.05) is 6.92 Å². The van der Waals surface area contributed by atoms with Gasteiger partial charge in [0.2, 0.25) is 0 Å². The summed E-state index contributed by atoms with van der Waals surface area (Å²) in [7, 11) is 0. The molecule has 1 unspecified atom stereocenters. The van der Waals surface area contributed by atoms with Gasteiger partial charge in [0.05, 0.1) is 0 Å². The summed E-state index contributed by atoms with van der Waals surface area (Å²) in [5.41, 5.74) is 6.99. The molecular weight excluding hydrogens is 196 g/mol. The zero-order valence-electron chi connectivity index (χ0n) is 8.76. The van der Waals surface area contributed by atoms with Crippen LogP contribution in [-0.2, 0) is 0 Å². The second kappa shape index (κ2) is 5.03. The lowest BCUT2D eigenvalue weighted by molar-refractivity contribution is 0.483. The summed E-state index contributed by atoms with van der Waals surface area (Å²) < 4.78 is 26.2. The van der Waals surface area contributed by atoms with Gasteiger partial charge in [0.1, 0.15) is 0 Å². The smallest absolute Gasteiger partial charge is 0.163 e. The molecule has 2 N–H and O–H groups in total. The van der Waals surface area contributed by atoms with Crippen LogP contribution in [0.2, 0.25) is 0 Å². The lowest BCUT2D eigenvalue weighted by Gasteiger charge is -2.12. The summed E-state index contributed by atoms with van der Waals surface area (Å²) in [6, 6.07) is 3.59. The fraction of sp³-hybridized carbons (Fsp3) is 0.333. The van der Waals surface area contributed by atoms with Crippen molar-refractivity contribution in [2.75, 3.05) is 0 Å². The molecule has 0 aliphatic carbocycles. The van der Waals surface area contributed by atoms with Crippen molar-refractivity contribution in [3.05, 3.63) is 47.5 Å². The molecule has 82 valence electrons. The van der Waals surface area contributed by atoms with E-state index in [0.29, 0.717) is 6.42 Å². The second-order valence-corrected chi connectivity index (χ2v) is 3.75. The lowest BCUT2D eigenvalue weighted by Crippen LogP contribution is -2.13. The molecule has 1 atom stereocenters. The summed E-state index contributed by atoms with van der Waals surface area (Å²) in [4.78, 5) is 0. The molecule has 1 nitrogen and oxygen atoms in total. The molecule has 0 spiro atoms. The van der Waals surface area contributed by atoms with Gasteiger partial charge in [-0.25, -0.2) is 8.78 Å². The average molecular weight is 211 g/mol. The summed E-state index contributed by atoms with van der Waals surface area (Å²) in [6.45, 7) is 5.62. The van der Waals surface area contributed by atoms with Crippen molar-refractivity contribution in [3.63, 3.8) is 0 Å². The van der Waals surface area contributed by atoms with Gasteiger partial charge in [-0.05, 0) is 25.8 Å². The molecule has 0 aliphatic rings. The van der Waals surface area contributed by atoms with E-state index >= 15 is 0 Å². The molecule has 15 heavy (non-hydrogen) atoms. The molecule has 1 aromatic rings. The minimum atomic E-state index is -0.849. The molecule has 1 rings (SSSR count). The van der Waals surface area contributed by atoms with Crippen LogP contribution in [-0.4, -0.2) is 0 Å². The standard InChI is InChI=1S/C12H15F2N/c1-8(2)6-7-11(15)9-4-3-5-10(13)12(9)14/h3-5,11H,1,6-7,15H2,2H3. The highest BCUT2D eigenvalue weighted by molar-refractivity contribution is 5.22. The van der Waals surface area contributed by atoms with Crippen LogP contribution in [0.3, 0.4) is 0 Å². The first kappa shape index (κ1) is 11.9. The SMILES string of the molecule is C=C(C)CCC(N)c1cccc(F)c1F. The fourth-order valence-electron chi connectivity index (χ4n) is 1.36. The van der Waals surface area contributed by atoms with Gasteiger partial charge in [-0.2, -0.15) is 0 Å². The van der Waals surface area contributed by atoms with Crippen molar-refractivity contribution in [3.8, 4) is 0 Å². The van der Waals surface area contributed by atoms with E-state index in [1.165, 1.54) is 12.1 Å². The molecule has 0 aliphatic heterocycles. The Bertz CT molecular complexity index is 361. The van der Waals surface area contributed by atoms with Crippen molar-refractivity contribution < 1.29 is 8.78 Å². The third kappa shape index (κ3) is 3.13. The molecule has 0 bridgehead atoms. The van der Waals surface area contributed by atoms with E-state index in [2.05, 4.69) is 6.58 Å². The Hall–Kier alpha value is -1.22. The van der Waals surface area contributed by atoms with E-state index in [9.17, 15) is 8.78 Å². The van der Waals surface area contributed by atoms with E-state index in [-0.39, 0.29) is 5.56 Å². The van der Waals surface area contributed by atoms with Crippen molar-refractivity contribution >= 4 is 0 Å². The normalized spacial score (nSPS) is 12.5. The van der Waals surface area contributed by atoms with E-state index < -0.39 is 17.7 Å². The molecular formula is C12H15F2N. The van der Waals surface area contributed by atoms with E-state index in [0.717, 1.165) is 18.1 Å². The first-order chi connectivity index (χ1) is 7.02. The Morgan fingerprint density at radius 2 is 2.13 bits per heavy atom. The van der Waals surface area contributed by atoms with Crippen LogP contribution in [0.4, 0.5) is 8.78 Å². The Balaban J connectivity index is 2.77. The van der Waals surface area contributed by atoms with Gasteiger partial charge >= 0.3 is 0 Å². The summed E-state index contributed by atoms with van der Waals surface area (Å²) >= 11 is 0. The molecule has 0 amide bonds. The Kier molecular flexibility index (Phi) is 3.97. The Morgan fingerprint density at radius 3 is 2.73 bits per heavy atom. The van der Waals surface area contributed by atoms with E-state index in [4.69, 9.17) is 5.73 Å². The molecule has 0 fully saturated rings. The van der Waals surface area contributed by atoms with E-state index in [1.54, 1.807) is 0 Å². The zero-order chi connectivity index (χ0) is 11.4. The third-order valence-corrected chi connectivity index (χ3v) is 2.26. The first-order valence-electron chi connectivity index (χ1n) is 4.86. The van der Waals surface area contributed by atoms with Crippen LogP contribution in [0.1, 0.15) is 31.4 Å². The number of benzene rings is 1. The van der Waals surface area contributed by atoms with Crippen molar-refractivity contribution in [2.45, 2.75) is 25.8 Å². The Labute approximate surface area is 88.6 Å². The minimum absolute atomic E-state index is 0.233. The molecule has 0 aromatic heterocycles. The summed E-state index contributed by atoms with van der Waals surface area (Å²) in [5.74, 6) is -1.69. The number of nitrogens with two attached hydrogens (primary N) is 1. The highest BCUT2D eigenvalue weighted by Gasteiger charge is 2.13. The van der Waals surface area contributed by atoms with Crippen LogP contribution >= 0.6 is 0 Å². The molecule has 1 aromatic carbocycles. The summed E-state index contributed by atoms with van der Waals surface area (Å²) in [5, 5.41) is 0. The van der Waals surface area contributed by atoms with Crippen molar-refractivity contribution in [2.24, 2.45) is 5.73 Å². The largest absolute Gasteiger partial charge is 0.324 e. The van der Waals surface area contributed by atoms with Gasteiger partial charge in [0.15, 0.2) is 11.6 Å². The molecule has 0 radical (unpaired) electrons. The topological polar surface area (TPSA) is 26.0 Å². The molecule has 0 heterocycles. The second-order valence-electron chi connectivity index (χ2n) is 3.75. The number of hydrogen-bond acceptors (Lipinski definition) is 1. The van der Waals surface area contributed by atoms with Crippen LogP contribution in [0.25, 0.3) is 0 Å². The predicted octanol–water partition coefficient (Wildman–Crippen LogP) is 3.32. The van der Waals surface area contributed by atoms with Gasteiger partial charge < -0.3 is 5.73 Å². The first-order valence-corrected chi connectivity index (χ1v) is 4.86. The molecule has 0 saturated carbocycles. The monoisotopic (exact) mass is 211 g/mol. The van der Waals surface area contributed by atoms with Crippen molar-refractivity contribution in [1.82, 2.24) is 0 Å². The quantitative estimate of drug-likeness (QED) is 0.759. The molecule has 0 saturated heterocycles. The van der Waals surface area contributed by atoms with Crippen molar-refractivity contribution in [1.29, 1.82) is 0 Å². The zero-order valence-corrected chi connectivity index (χ0v) is 8.76. The van der Waals surface area contributed by atoms with Gasteiger partial charge in [-0.1, -0.05) is 17.7 Å². The minimum Gasteiger partial charge on any atom is -0.324 e. The van der Waals surface area contributed by atoms with Gasteiger partial charge in [-0.3, -0.25) is 0 Å². The maximum absolute atomic E-state index is 13.3. The highest BCUT2D eigenvalue weighted by atomic mass is 19.2. The summed E-state index contributed by atoms with van der Waals surface area (Å²) in [6.07, 6.45) is 1.30. The van der Waals surface area contributed by atoms with Crippen LogP contribution in [0.5, 0.6) is 0 Å². The van der Waals surface area contributed by atoms with Gasteiger partial charge in [0.25, 0.3) is 0 Å². The highest BCUT2D eigenvalue weighted by Crippen LogP contribution is 2.22. The number of halogens is 2. The number of rotatable bonds is 4.